The number of halogens is 1. The van der Waals surface area contributed by atoms with Gasteiger partial charge in [-0.2, -0.15) is 0 Å². The van der Waals surface area contributed by atoms with Gasteiger partial charge >= 0.3 is 6.03 Å². The van der Waals surface area contributed by atoms with E-state index in [0.29, 0.717) is 0 Å². The molecule has 2 rings (SSSR count). The summed E-state index contributed by atoms with van der Waals surface area (Å²) in [7, 11) is 0. The van der Waals surface area contributed by atoms with Crippen molar-refractivity contribution in [1.82, 2.24) is 20.4 Å². The predicted octanol–water partition coefficient (Wildman–Crippen LogP) is 0.103. The first kappa shape index (κ1) is 19.6. The van der Waals surface area contributed by atoms with Crippen molar-refractivity contribution < 1.29 is 18.8 Å². The number of hydrogen-bond donors (Lipinski definition) is 3. The molecule has 1 unspecified atom stereocenters. The molecule has 1 fully saturated rings. The highest BCUT2D eigenvalue weighted by molar-refractivity contribution is 5.99. The van der Waals surface area contributed by atoms with Crippen LogP contribution >= 0.6 is 0 Å². The summed E-state index contributed by atoms with van der Waals surface area (Å²) in [5, 5.41) is 5.35. The Morgan fingerprint density at radius 3 is 2.38 bits per heavy atom. The van der Waals surface area contributed by atoms with Crippen molar-refractivity contribution in [3.05, 3.63) is 35.6 Å². The molecule has 0 aliphatic carbocycles. The third-order valence-corrected chi connectivity index (χ3v) is 3.88. The van der Waals surface area contributed by atoms with Crippen LogP contribution in [0.4, 0.5) is 9.18 Å². The quantitative estimate of drug-likeness (QED) is 0.688. The number of carbonyl (C=O) groups excluding carboxylic acids is 3. The lowest BCUT2D eigenvalue weighted by molar-refractivity contribution is -0.127. The largest absolute Gasteiger partial charge is 0.351 e. The van der Waals surface area contributed by atoms with Crippen LogP contribution in [0.2, 0.25) is 0 Å². The minimum Gasteiger partial charge on any atom is -0.351 e. The predicted molar refractivity (Wildman–Crippen MR) is 93.7 cm³/mol. The maximum Gasteiger partial charge on any atom is 0.319 e. The van der Waals surface area contributed by atoms with Crippen molar-refractivity contribution >= 4 is 17.8 Å². The van der Waals surface area contributed by atoms with Crippen LogP contribution in [0.25, 0.3) is 0 Å². The summed E-state index contributed by atoms with van der Waals surface area (Å²) in [6.07, 6.45) is -1.09. The third kappa shape index (κ3) is 4.48. The first-order valence-electron chi connectivity index (χ1n) is 8.46. The maximum atomic E-state index is 13.1. The lowest BCUT2D eigenvalue weighted by Gasteiger charge is -2.29. The van der Waals surface area contributed by atoms with Gasteiger partial charge in [-0.1, -0.05) is 0 Å². The Kier molecular flexibility index (Phi) is 6.51. The first-order chi connectivity index (χ1) is 12.3. The van der Waals surface area contributed by atoms with Crippen LogP contribution in [0.1, 0.15) is 24.2 Å². The van der Waals surface area contributed by atoms with Gasteiger partial charge in [-0.3, -0.25) is 14.5 Å². The Labute approximate surface area is 151 Å². The minimum absolute atomic E-state index is 0.114. The zero-order chi connectivity index (χ0) is 19.3. The zero-order valence-electron chi connectivity index (χ0n) is 14.9. The molecule has 0 spiro atoms. The van der Waals surface area contributed by atoms with Crippen LogP contribution in [0.5, 0.6) is 0 Å². The summed E-state index contributed by atoms with van der Waals surface area (Å²) in [4.78, 5) is 40.4. The van der Waals surface area contributed by atoms with E-state index < -0.39 is 29.8 Å². The molecule has 9 heteroatoms. The van der Waals surface area contributed by atoms with Gasteiger partial charge in [0, 0.05) is 37.8 Å². The number of hydrogen-bond acceptors (Lipinski definition) is 4. The molecule has 0 aromatic heterocycles. The van der Waals surface area contributed by atoms with Gasteiger partial charge in [0.05, 0.1) is 0 Å². The lowest BCUT2D eigenvalue weighted by Crippen LogP contribution is -2.56. The minimum atomic E-state index is -1.09. The molecule has 1 saturated heterocycles. The van der Waals surface area contributed by atoms with Crippen molar-refractivity contribution in [3.8, 4) is 0 Å². The fourth-order valence-corrected chi connectivity index (χ4v) is 2.71. The van der Waals surface area contributed by atoms with E-state index in [2.05, 4.69) is 10.6 Å². The smallest absolute Gasteiger partial charge is 0.319 e. The Bertz CT molecular complexity index is 665. The second kappa shape index (κ2) is 8.61. The fourth-order valence-electron chi connectivity index (χ4n) is 2.71. The number of urea groups is 1. The molecule has 8 nitrogen and oxygen atoms in total. The van der Waals surface area contributed by atoms with E-state index in [1.165, 1.54) is 34.1 Å². The van der Waals surface area contributed by atoms with Crippen molar-refractivity contribution in [1.29, 1.82) is 0 Å². The molecule has 0 radical (unpaired) electrons. The summed E-state index contributed by atoms with van der Waals surface area (Å²) in [5.74, 6) is -1.39. The van der Waals surface area contributed by atoms with Gasteiger partial charge in [0.25, 0.3) is 11.8 Å². The normalized spacial score (nSPS) is 16.7. The van der Waals surface area contributed by atoms with E-state index in [1.807, 2.05) is 0 Å². The summed E-state index contributed by atoms with van der Waals surface area (Å²) in [5.41, 5.74) is 5.66. The first-order valence-corrected chi connectivity index (χ1v) is 8.46. The highest BCUT2D eigenvalue weighted by Crippen LogP contribution is 2.19. The molecule has 1 aromatic carbocycles. The number of amides is 4. The highest BCUT2D eigenvalue weighted by atomic mass is 19.1. The topological polar surface area (TPSA) is 108 Å². The molecular formula is C17H24FN5O3. The Hall–Kier alpha value is -2.68. The van der Waals surface area contributed by atoms with Gasteiger partial charge in [0.1, 0.15) is 5.82 Å². The van der Waals surface area contributed by atoms with Crippen molar-refractivity contribution in [2.24, 2.45) is 5.73 Å². The van der Waals surface area contributed by atoms with Gasteiger partial charge in [0.2, 0.25) is 0 Å². The molecule has 1 aliphatic heterocycles. The Morgan fingerprint density at radius 2 is 1.81 bits per heavy atom. The van der Waals surface area contributed by atoms with Crippen molar-refractivity contribution in [2.45, 2.75) is 26.1 Å². The SMILES string of the molecule is CC(C)NC(=O)N1CCN(C(=O)c2ccc(F)cc2)C1C(=O)NCCN. The summed E-state index contributed by atoms with van der Waals surface area (Å²) in [6, 6.07) is 4.51. The van der Waals surface area contributed by atoms with Gasteiger partial charge < -0.3 is 21.3 Å². The number of nitrogens with zero attached hydrogens (tertiary/aromatic N) is 2. The number of benzene rings is 1. The monoisotopic (exact) mass is 365 g/mol. The lowest BCUT2D eigenvalue weighted by atomic mass is 10.2. The molecule has 1 aromatic rings. The fraction of sp³-hybridized carbons (Fsp3) is 0.471. The molecule has 4 N–H and O–H groups in total. The Balaban J connectivity index is 2.25. The van der Waals surface area contributed by atoms with Crippen LogP contribution in [-0.2, 0) is 4.79 Å². The summed E-state index contributed by atoms with van der Waals surface area (Å²) in [6.45, 7) is 4.49. The van der Waals surface area contributed by atoms with E-state index in [9.17, 15) is 18.8 Å². The number of nitrogens with one attached hydrogen (secondary N) is 2. The summed E-state index contributed by atoms with van der Waals surface area (Å²) >= 11 is 0. The van der Waals surface area contributed by atoms with Crippen LogP contribution in [0.3, 0.4) is 0 Å². The third-order valence-electron chi connectivity index (χ3n) is 3.88. The number of nitrogens with two attached hydrogens (primary N) is 1. The van der Waals surface area contributed by atoms with Crippen LogP contribution in [-0.4, -0.2) is 66.0 Å². The van der Waals surface area contributed by atoms with Crippen molar-refractivity contribution in [2.75, 3.05) is 26.2 Å². The van der Waals surface area contributed by atoms with E-state index in [0.717, 1.165) is 0 Å². The number of rotatable bonds is 5. The second-order valence-electron chi connectivity index (χ2n) is 6.26. The van der Waals surface area contributed by atoms with Crippen LogP contribution in [0, 0.1) is 5.82 Å². The molecular weight excluding hydrogens is 341 g/mol. The van der Waals surface area contributed by atoms with Gasteiger partial charge in [-0.05, 0) is 38.1 Å². The zero-order valence-corrected chi connectivity index (χ0v) is 14.9. The molecule has 1 heterocycles. The van der Waals surface area contributed by atoms with E-state index >= 15 is 0 Å². The average molecular weight is 365 g/mol. The number of carbonyl (C=O) groups is 3. The van der Waals surface area contributed by atoms with E-state index in [-0.39, 0.29) is 37.8 Å². The van der Waals surface area contributed by atoms with E-state index in [4.69, 9.17) is 5.73 Å². The standard InChI is InChI=1S/C17H24FN5O3/c1-11(2)21-17(26)23-10-9-22(15(23)14(24)20-8-7-19)16(25)12-3-5-13(18)6-4-12/h3-6,11,15H,7-10,19H2,1-2H3,(H,20,24)(H,21,26). The van der Waals surface area contributed by atoms with E-state index in [1.54, 1.807) is 13.8 Å². The summed E-state index contributed by atoms with van der Waals surface area (Å²) < 4.78 is 13.1. The van der Waals surface area contributed by atoms with Crippen LogP contribution < -0.4 is 16.4 Å². The van der Waals surface area contributed by atoms with Crippen molar-refractivity contribution in [3.63, 3.8) is 0 Å². The molecule has 142 valence electrons. The van der Waals surface area contributed by atoms with Gasteiger partial charge in [-0.15, -0.1) is 0 Å². The van der Waals surface area contributed by atoms with Gasteiger partial charge in [0.15, 0.2) is 6.17 Å². The molecule has 1 atom stereocenters. The van der Waals surface area contributed by atoms with Gasteiger partial charge in [-0.25, -0.2) is 9.18 Å². The van der Waals surface area contributed by atoms with Crippen LogP contribution in [0.15, 0.2) is 24.3 Å². The average Bonchev–Trinajstić information content (AvgIpc) is 3.04. The molecule has 1 aliphatic rings. The molecule has 26 heavy (non-hydrogen) atoms. The maximum absolute atomic E-state index is 13.1. The second-order valence-corrected chi connectivity index (χ2v) is 6.26. The molecule has 4 amide bonds. The molecule has 0 bridgehead atoms. The Morgan fingerprint density at radius 1 is 1.19 bits per heavy atom. The molecule has 0 saturated carbocycles. The highest BCUT2D eigenvalue weighted by Gasteiger charge is 2.42.